The van der Waals surface area contributed by atoms with Crippen molar-refractivity contribution in [2.24, 2.45) is 0 Å². The lowest BCUT2D eigenvalue weighted by Gasteiger charge is -2.11. The van der Waals surface area contributed by atoms with E-state index in [1.807, 2.05) is 30.3 Å². The summed E-state index contributed by atoms with van der Waals surface area (Å²) in [5.41, 5.74) is 1.72. The Morgan fingerprint density at radius 3 is 1.95 bits per heavy atom. The summed E-state index contributed by atoms with van der Waals surface area (Å²) in [5.74, 6) is -1.05. The molecular weight excluding hydrogens is 280 g/mol. The van der Waals surface area contributed by atoms with Crippen LogP contribution in [0.25, 0.3) is 11.1 Å². The van der Waals surface area contributed by atoms with Crippen LogP contribution in [0.5, 0.6) is 0 Å². The summed E-state index contributed by atoms with van der Waals surface area (Å²) in [4.78, 5) is 35.8. The van der Waals surface area contributed by atoms with Gasteiger partial charge < -0.3 is 4.42 Å². The van der Waals surface area contributed by atoms with Gasteiger partial charge in [-0.15, -0.1) is 0 Å². The smallest absolute Gasteiger partial charge is 0.163 e. The minimum atomic E-state index is -0.984. The maximum absolute atomic E-state index is 12.0. The molecule has 0 atom stereocenters. The number of carbonyl (C=O) groups is 3. The summed E-state index contributed by atoms with van der Waals surface area (Å²) in [6.07, 6.45) is 0. The Morgan fingerprint density at radius 1 is 0.955 bits per heavy atom. The van der Waals surface area contributed by atoms with E-state index in [9.17, 15) is 14.4 Å². The van der Waals surface area contributed by atoms with Crippen molar-refractivity contribution in [3.8, 4) is 11.1 Å². The Hall–Kier alpha value is -2.49. The van der Waals surface area contributed by atoms with Crippen LogP contribution >= 0.6 is 0 Å². The van der Waals surface area contributed by atoms with E-state index < -0.39 is 5.92 Å². The molecule has 1 heterocycles. The SMILES string of the molecule is CC(=O)c1c(C)oc(C(C(C)=O)C(C)=O)c1-c1ccccc1. The zero-order valence-electron chi connectivity index (χ0n) is 13.1. The zero-order chi connectivity index (χ0) is 16.4. The summed E-state index contributed by atoms with van der Waals surface area (Å²) < 4.78 is 5.68. The molecule has 1 aromatic carbocycles. The molecule has 0 amide bonds. The van der Waals surface area contributed by atoms with Gasteiger partial charge in [-0.05, 0) is 33.3 Å². The van der Waals surface area contributed by atoms with Crippen molar-refractivity contribution >= 4 is 17.3 Å². The van der Waals surface area contributed by atoms with Gasteiger partial charge >= 0.3 is 0 Å². The van der Waals surface area contributed by atoms with Gasteiger partial charge in [0.15, 0.2) is 5.78 Å². The lowest BCUT2D eigenvalue weighted by atomic mass is 9.89. The van der Waals surface area contributed by atoms with E-state index in [1.54, 1.807) is 6.92 Å². The Labute approximate surface area is 129 Å². The maximum atomic E-state index is 12.0. The quantitative estimate of drug-likeness (QED) is 0.623. The number of hydrogen-bond acceptors (Lipinski definition) is 4. The molecule has 0 radical (unpaired) electrons. The molecule has 0 aliphatic carbocycles. The standard InChI is InChI=1S/C18H18O4/c1-10(19)15(11(2)20)18-17(14-8-6-5-7-9-14)16(12(3)21)13(4)22-18/h5-9,15H,1-4H3. The lowest BCUT2D eigenvalue weighted by molar-refractivity contribution is -0.127. The van der Waals surface area contributed by atoms with E-state index in [4.69, 9.17) is 4.42 Å². The summed E-state index contributed by atoms with van der Waals surface area (Å²) in [7, 11) is 0. The summed E-state index contributed by atoms with van der Waals surface area (Å²) in [6.45, 7) is 5.83. The van der Waals surface area contributed by atoms with Crippen LogP contribution < -0.4 is 0 Å². The third kappa shape index (κ3) is 2.77. The van der Waals surface area contributed by atoms with Crippen molar-refractivity contribution in [2.45, 2.75) is 33.6 Å². The van der Waals surface area contributed by atoms with Gasteiger partial charge in [0.25, 0.3) is 0 Å². The Kier molecular flexibility index (Phi) is 4.40. The first-order chi connectivity index (χ1) is 10.3. The number of benzene rings is 1. The fourth-order valence-electron chi connectivity index (χ4n) is 2.74. The average Bonchev–Trinajstić information content (AvgIpc) is 2.76. The highest BCUT2D eigenvalue weighted by Crippen LogP contribution is 2.37. The molecule has 0 bridgehead atoms. The summed E-state index contributed by atoms with van der Waals surface area (Å²) in [6, 6.07) is 9.19. The van der Waals surface area contributed by atoms with Crippen LogP contribution in [0.1, 0.15) is 48.6 Å². The molecule has 4 heteroatoms. The number of Topliss-reactive ketones (excluding diaryl/α,β-unsaturated/α-hetero) is 3. The fraction of sp³-hybridized carbons (Fsp3) is 0.278. The molecule has 0 spiro atoms. The second-order valence-corrected chi connectivity index (χ2v) is 5.35. The van der Waals surface area contributed by atoms with Gasteiger partial charge in [0.1, 0.15) is 29.0 Å². The molecule has 22 heavy (non-hydrogen) atoms. The Bertz CT molecular complexity index is 724. The van der Waals surface area contributed by atoms with Crippen LogP contribution in [-0.2, 0) is 9.59 Å². The highest BCUT2D eigenvalue weighted by molar-refractivity contribution is 6.09. The summed E-state index contributed by atoms with van der Waals surface area (Å²) in [5, 5.41) is 0. The van der Waals surface area contributed by atoms with Crippen LogP contribution in [0.15, 0.2) is 34.7 Å². The molecule has 0 saturated heterocycles. The van der Waals surface area contributed by atoms with Crippen molar-refractivity contribution in [1.82, 2.24) is 0 Å². The van der Waals surface area contributed by atoms with Crippen LogP contribution in [0.4, 0.5) is 0 Å². The van der Waals surface area contributed by atoms with E-state index in [2.05, 4.69) is 0 Å². The number of aryl methyl sites for hydroxylation is 1. The molecule has 0 N–H and O–H groups in total. The van der Waals surface area contributed by atoms with Gasteiger partial charge in [0.05, 0.1) is 5.56 Å². The predicted molar refractivity (Wildman–Crippen MR) is 83.0 cm³/mol. The molecule has 1 aromatic heterocycles. The van der Waals surface area contributed by atoms with Gasteiger partial charge in [-0.25, -0.2) is 0 Å². The second-order valence-electron chi connectivity index (χ2n) is 5.35. The van der Waals surface area contributed by atoms with Gasteiger partial charge in [0, 0.05) is 5.56 Å². The van der Waals surface area contributed by atoms with E-state index in [1.165, 1.54) is 20.8 Å². The van der Waals surface area contributed by atoms with Crippen LogP contribution in [0, 0.1) is 6.92 Å². The minimum absolute atomic E-state index is 0.155. The normalized spacial score (nSPS) is 10.8. The van der Waals surface area contributed by atoms with Gasteiger partial charge in [-0.2, -0.15) is 0 Å². The van der Waals surface area contributed by atoms with Crippen molar-refractivity contribution in [2.75, 3.05) is 0 Å². The van der Waals surface area contributed by atoms with E-state index in [0.29, 0.717) is 16.9 Å². The summed E-state index contributed by atoms with van der Waals surface area (Å²) >= 11 is 0. The van der Waals surface area contributed by atoms with Crippen LogP contribution in [0.2, 0.25) is 0 Å². The molecule has 2 rings (SSSR count). The fourth-order valence-corrected chi connectivity index (χ4v) is 2.74. The van der Waals surface area contributed by atoms with E-state index in [0.717, 1.165) is 5.56 Å². The predicted octanol–water partition coefficient (Wildman–Crippen LogP) is 3.72. The molecule has 114 valence electrons. The Balaban J connectivity index is 2.81. The van der Waals surface area contributed by atoms with Crippen molar-refractivity contribution in [3.05, 3.63) is 47.4 Å². The highest BCUT2D eigenvalue weighted by atomic mass is 16.3. The van der Waals surface area contributed by atoms with Gasteiger partial charge in [-0.1, -0.05) is 30.3 Å². The highest BCUT2D eigenvalue weighted by Gasteiger charge is 2.32. The number of furan rings is 1. The third-order valence-corrected chi connectivity index (χ3v) is 3.60. The molecule has 0 aliphatic heterocycles. The zero-order valence-corrected chi connectivity index (χ0v) is 13.1. The molecule has 4 nitrogen and oxygen atoms in total. The molecule has 0 aliphatic rings. The van der Waals surface area contributed by atoms with Crippen molar-refractivity contribution in [1.29, 1.82) is 0 Å². The lowest BCUT2D eigenvalue weighted by Crippen LogP contribution is -2.17. The second kappa shape index (κ2) is 6.10. The topological polar surface area (TPSA) is 64.3 Å². The average molecular weight is 298 g/mol. The van der Waals surface area contributed by atoms with Crippen LogP contribution in [-0.4, -0.2) is 17.3 Å². The monoisotopic (exact) mass is 298 g/mol. The first kappa shape index (κ1) is 15.9. The largest absolute Gasteiger partial charge is 0.464 e. The third-order valence-electron chi connectivity index (χ3n) is 3.60. The van der Waals surface area contributed by atoms with Crippen molar-refractivity contribution < 1.29 is 18.8 Å². The van der Waals surface area contributed by atoms with E-state index >= 15 is 0 Å². The molecule has 0 fully saturated rings. The molecule has 2 aromatic rings. The molecule has 0 unspecified atom stereocenters. The van der Waals surface area contributed by atoms with Gasteiger partial charge in [-0.3, -0.25) is 14.4 Å². The number of carbonyl (C=O) groups excluding carboxylic acids is 3. The number of hydrogen-bond donors (Lipinski definition) is 0. The number of ketones is 3. The number of rotatable bonds is 5. The Morgan fingerprint density at radius 2 is 1.50 bits per heavy atom. The maximum Gasteiger partial charge on any atom is 0.163 e. The first-order valence-corrected chi connectivity index (χ1v) is 7.05. The van der Waals surface area contributed by atoms with Crippen molar-refractivity contribution in [3.63, 3.8) is 0 Å². The van der Waals surface area contributed by atoms with E-state index in [-0.39, 0.29) is 23.1 Å². The molecular formula is C18H18O4. The minimum Gasteiger partial charge on any atom is -0.464 e. The molecule has 0 saturated carbocycles. The first-order valence-electron chi connectivity index (χ1n) is 7.05. The van der Waals surface area contributed by atoms with Crippen LogP contribution in [0.3, 0.4) is 0 Å². The van der Waals surface area contributed by atoms with Gasteiger partial charge in [0.2, 0.25) is 0 Å².